The molecule has 5 aromatic rings. The highest BCUT2D eigenvalue weighted by Crippen LogP contribution is 2.53. The van der Waals surface area contributed by atoms with Gasteiger partial charge in [0, 0.05) is 20.0 Å². The topological polar surface area (TPSA) is 200 Å². The van der Waals surface area contributed by atoms with E-state index in [-0.39, 0.29) is 91.3 Å². The number of aromatic amines is 2. The van der Waals surface area contributed by atoms with E-state index >= 15 is 0 Å². The van der Waals surface area contributed by atoms with Crippen molar-refractivity contribution in [1.82, 2.24) is 34.1 Å². The van der Waals surface area contributed by atoms with Gasteiger partial charge >= 0.3 is 24.0 Å². The number of H-pyrrole nitrogens is 2. The van der Waals surface area contributed by atoms with Crippen LogP contribution in [0.3, 0.4) is 0 Å². The number of nitrogens with one attached hydrogen (secondary N) is 2. The highest BCUT2D eigenvalue weighted by Gasteiger charge is 2.49. The lowest BCUT2D eigenvalue weighted by molar-refractivity contribution is -0.111. The molecule has 89 heavy (non-hydrogen) atoms. The van der Waals surface area contributed by atoms with Crippen molar-refractivity contribution in [2.24, 2.45) is 59.2 Å². The minimum Gasteiger partial charge on any atom is -0.459 e. The molecule has 6 aliphatic carbocycles. The van der Waals surface area contributed by atoms with Crippen LogP contribution in [0.5, 0.6) is 11.8 Å². The molecule has 0 bridgehead atoms. The summed E-state index contributed by atoms with van der Waals surface area (Å²) in [6.07, 6.45) is 28.6. The van der Waals surface area contributed by atoms with Crippen molar-refractivity contribution in [2.45, 2.75) is 219 Å². The van der Waals surface area contributed by atoms with Crippen LogP contribution in [-0.2, 0) is 19.7 Å². The highest BCUT2D eigenvalue weighted by atomic mass is 35.5. The van der Waals surface area contributed by atoms with Crippen molar-refractivity contribution in [2.75, 3.05) is 14.1 Å². The maximum absolute atomic E-state index is 14.8. The first-order valence-corrected chi connectivity index (χ1v) is 34.0. The first-order valence-electron chi connectivity index (χ1n) is 33.2. The smallest absolute Gasteiger partial charge is 0.414 e. The lowest BCUT2D eigenvalue weighted by atomic mass is 9.58. The van der Waals surface area contributed by atoms with E-state index in [0.717, 1.165) is 63.1 Å². The Morgan fingerprint density at radius 1 is 0.640 bits per heavy atom. The second kappa shape index (κ2) is 28.4. The predicted octanol–water partition coefficient (Wildman–Crippen LogP) is 17.3. The normalized spacial score (nSPS) is 26.5. The van der Waals surface area contributed by atoms with Crippen molar-refractivity contribution in [3.8, 4) is 11.8 Å². The molecule has 480 valence electrons. The molecule has 4 heterocycles. The minimum atomic E-state index is -1.06. The molecule has 1 aromatic carbocycles. The van der Waals surface area contributed by atoms with Crippen molar-refractivity contribution in [3.63, 3.8) is 0 Å². The van der Waals surface area contributed by atoms with Gasteiger partial charge in [-0.2, -0.15) is 0 Å². The van der Waals surface area contributed by atoms with E-state index in [2.05, 4.69) is 52.6 Å². The summed E-state index contributed by atoms with van der Waals surface area (Å²) in [5, 5.41) is 6.40. The SMILES string of the molecule is [C-]#[N+]c1c(C(=O)OC2C(C)CC(CC)CC2C)c2nc(C(C)(C)C=O)[nH]n2c1OC(=O)c1c(Cl)cccc1Cl.[C-]#[N+]c1c(C(=O)OC2C(C3CCCCC3)CC(C3CCCCC3)CC2C2CCCCC2)c2nc(C3CCCC(C)C3)[nH]n2c1OC(=O)N(C)C. The molecule has 6 atom stereocenters. The number of carbonyl (C=O) groups excluding carboxylic acids is 5. The Hall–Kier alpha value is -6.37. The molecule has 11 rings (SSSR count). The van der Waals surface area contributed by atoms with Crippen molar-refractivity contribution in [3.05, 3.63) is 79.4 Å². The van der Waals surface area contributed by atoms with Gasteiger partial charge in [0.2, 0.25) is 11.8 Å². The molecule has 1 amide bonds. The Labute approximate surface area is 534 Å². The molecule has 6 aliphatic rings. The molecule has 0 radical (unpaired) electrons. The predicted molar refractivity (Wildman–Crippen MR) is 341 cm³/mol. The second-order valence-electron chi connectivity index (χ2n) is 28.0. The Bertz CT molecular complexity index is 3400. The third-order valence-corrected chi connectivity index (χ3v) is 21.9. The third-order valence-electron chi connectivity index (χ3n) is 21.2. The van der Waals surface area contributed by atoms with Gasteiger partial charge in [-0.1, -0.05) is 173 Å². The Morgan fingerprint density at radius 2 is 1.15 bits per heavy atom. The number of aldehydes is 1. The summed E-state index contributed by atoms with van der Waals surface area (Å²) in [6.45, 7) is 27.9. The fourth-order valence-corrected chi connectivity index (χ4v) is 17.0. The van der Waals surface area contributed by atoms with Crippen LogP contribution in [0.4, 0.5) is 16.2 Å². The molecule has 6 fully saturated rings. The van der Waals surface area contributed by atoms with Gasteiger partial charge in [-0.25, -0.2) is 47.9 Å². The third kappa shape index (κ3) is 13.9. The van der Waals surface area contributed by atoms with Crippen molar-refractivity contribution < 1.29 is 42.9 Å². The fourth-order valence-electron chi connectivity index (χ4n) is 16.4. The average molecular weight is 1260 g/mol. The number of hydrogen-bond donors (Lipinski definition) is 2. The first-order chi connectivity index (χ1) is 42.7. The summed E-state index contributed by atoms with van der Waals surface area (Å²) < 4.78 is 27.2. The largest absolute Gasteiger partial charge is 0.459 e. The number of rotatable bonds is 14. The van der Waals surface area contributed by atoms with E-state index in [1.807, 2.05) is 0 Å². The number of aromatic nitrogens is 6. The molecule has 0 saturated heterocycles. The molecule has 2 N–H and O–H groups in total. The number of fused-ring (bicyclic) bond motifs is 2. The zero-order chi connectivity index (χ0) is 63.4. The molecule has 6 saturated carbocycles. The van der Waals surface area contributed by atoms with Gasteiger partial charge in [0.05, 0.1) is 34.2 Å². The van der Waals surface area contributed by atoms with Gasteiger partial charge in [-0.05, 0) is 124 Å². The number of benzene rings is 1. The number of halogens is 2. The van der Waals surface area contributed by atoms with Crippen LogP contribution >= 0.6 is 23.2 Å². The molecular weight excluding hydrogens is 1170 g/mol. The van der Waals surface area contributed by atoms with Gasteiger partial charge in [-0.15, -0.1) is 0 Å². The molecule has 0 aliphatic heterocycles. The highest BCUT2D eigenvalue weighted by molar-refractivity contribution is 6.39. The van der Waals surface area contributed by atoms with Gasteiger partial charge in [-0.3, -0.25) is 10.2 Å². The maximum Gasteiger partial charge on any atom is 0.414 e. The summed E-state index contributed by atoms with van der Waals surface area (Å²) in [6, 6.07) is 4.54. The molecule has 18 nitrogen and oxygen atoms in total. The molecule has 4 aromatic heterocycles. The number of hydrogen-bond acceptors (Lipinski definition) is 11. The van der Waals surface area contributed by atoms with Crippen LogP contribution in [0.25, 0.3) is 21.0 Å². The zero-order valence-corrected chi connectivity index (χ0v) is 54.9. The summed E-state index contributed by atoms with van der Waals surface area (Å²) >= 11 is 12.4. The average Bonchev–Trinajstić information content (AvgIpc) is 1.63. The van der Waals surface area contributed by atoms with Crippen LogP contribution in [0.15, 0.2) is 18.2 Å². The van der Waals surface area contributed by atoms with Crippen molar-refractivity contribution in [1.29, 1.82) is 0 Å². The number of ether oxygens (including phenoxy) is 4. The van der Waals surface area contributed by atoms with Crippen LogP contribution in [-0.4, -0.2) is 90.7 Å². The molecule has 0 spiro atoms. The number of nitrogens with zero attached hydrogens (tertiary/aromatic N) is 7. The van der Waals surface area contributed by atoms with Gasteiger partial charge in [0.1, 0.15) is 41.3 Å². The van der Waals surface area contributed by atoms with E-state index in [9.17, 15) is 24.0 Å². The van der Waals surface area contributed by atoms with Crippen LogP contribution < -0.4 is 9.47 Å². The lowest BCUT2D eigenvalue weighted by Crippen LogP contribution is -2.48. The summed E-state index contributed by atoms with van der Waals surface area (Å²) in [5.74, 6) is 3.57. The Morgan fingerprint density at radius 3 is 1.65 bits per heavy atom. The maximum atomic E-state index is 14.8. The van der Waals surface area contributed by atoms with E-state index in [1.54, 1.807) is 38.5 Å². The molecular formula is C69H91Cl2N9O9. The van der Waals surface area contributed by atoms with E-state index in [4.69, 9.17) is 60.3 Å². The number of esters is 3. The van der Waals surface area contributed by atoms with E-state index in [1.165, 1.54) is 124 Å². The second-order valence-corrected chi connectivity index (χ2v) is 28.8. The lowest BCUT2D eigenvalue weighted by Gasteiger charge is -2.50. The first kappa shape index (κ1) is 65.6. The summed E-state index contributed by atoms with van der Waals surface area (Å²) in [4.78, 5) is 84.5. The number of amides is 1. The van der Waals surface area contributed by atoms with Crippen LogP contribution in [0.2, 0.25) is 10.0 Å². The van der Waals surface area contributed by atoms with E-state index in [0.29, 0.717) is 53.4 Å². The summed E-state index contributed by atoms with van der Waals surface area (Å²) in [5.41, 5.74) is -1.07. The van der Waals surface area contributed by atoms with E-state index < -0.39 is 29.4 Å². The van der Waals surface area contributed by atoms with Crippen LogP contribution in [0.1, 0.15) is 244 Å². The molecule has 6 unspecified atom stereocenters. The Kier molecular flexibility index (Phi) is 20.9. The Balaban J connectivity index is 0.000000203. The monoisotopic (exact) mass is 1260 g/mol. The fraction of sp³-hybridized carbons (Fsp3) is 0.667. The van der Waals surface area contributed by atoms with Crippen LogP contribution in [0, 0.1) is 72.3 Å². The van der Waals surface area contributed by atoms with Gasteiger partial charge < -0.3 is 28.6 Å². The summed E-state index contributed by atoms with van der Waals surface area (Å²) in [7, 11) is 3.23. The minimum absolute atomic E-state index is 0.00605. The van der Waals surface area contributed by atoms with Gasteiger partial charge in [0.25, 0.3) is 11.4 Å². The van der Waals surface area contributed by atoms with Gasteiger partial charge in [0.15, 0.2) is 11.3 Å². The molecule has 20 heteroatoms. The number of carbonyl (C=O) groups is 5. The quantitative estimate of drug-likeness (QED) is 0.0609. The zero-order valence-electron chi connectivity index (χ0n) is 53.3. The standard InChI is InChI=1S/C41H61N5O4.C28H30Cl2N4O5/c1-26-15-14-22-30(23-26)37-43-38-34(35(42-2)39(46(38)44-37)50-41(48)45(3)4)40(47)49-36-32(28-18-10-6-11-19-28)24-31(27-16-8-5-9-17-27)25-33(36)29-20-12-7-13-21-29;1-7-16-11-14(2)22(15(3)12-16)38-26(37)20-21(31-6)24(34-23(20)32-27(33-34)28(4,5)13-35)39-25(36)19-17(29)9-8-10-18(19)30/h26-33,36H,5-25H2,1,3-4H3,(H,43,44);8-10,13-16,22H,7,11-12H2,1-5H3,(H,32,33). The van der Waals surface area contributed by atoms with Crippen molar-refractivity contribution >= 4 is 76.2 Å².